The Morgan fingerprint density at radius 3 is 1.90 bits per heavy atom. The minimum Gasteiger partial charge on any atom is -0.463 e. The van der Waals surface area contributed by atoms with E-state index in [4.69, 9.17) is 23.7 Å². The van der Waals surface area contributed by atoms with E-state index in [9.17, 15) is 28.0 Å². The van der Waals surface area contributed by atoms with Crippen LogP contribution in [-0.2, 0) is 42.9 Å². The molecule has 0 saturated carbocycles. The average molecular weight is 422 g/mol. The highest BCUT2D eigenvalue weighted by Gasteiger charge is 2.60. The van der Waals surface area contributed by atoms with Gasteiger partial charge in [0.05, 0.1) is 0 Å². The molecular formula is C18H24F2O9. The van der Waals surface area contributed by atoms with Gasteiger partial charge in [-0.05, 0) is 0 Å². The Morgan fingerprint density at radius 1 is 0.931 bits per heavy atom. The number of ether oxygens (including phenoxy) is 5. The molecule has 5 atom stereocenters. The molecule has 0 radical (unpaired) electrons. The van der Waals surface area contributed by atoms with Crippen molar-refractivity contribution in [3.63, 3.8) is 0 Å². The van der Waals surface area contributed by atoms with E-state index in [1.807, 2.05) is 0 Å². The van der Waals surface area contributed by atoms with Crippen molar-refractivity contribution in [2.45, 2.75) is 64.6 Å². The molecule has 0 aromatic carbocycles. The summed E-state index contributed by atoms with van der Waals surface area (Å²) in [6, 6.07) is 0. The maximum absolute atomic E-state index is 14.9. The molecule has 9 nitrogen and oxygen atoms in total. The van der Waals surface area contributed by atoms with Crippen molar-refractivity contribution in [1.29, 1.82) is 0 Å². The number of hydrogen-bond acceptors (Lipinski definition) is 9. The van der Waals surface area contributed by atoms with E-state index in [2.05, 4.69) is 6.58 Å². The molecule has 0 N–H and O–H groups in total. The van der Waals surface area contributed by atoms with E-state index in [1.54, 1.807) is 0 Å². The fourth-order valence-electron chi connectivity index (χ4n) is 2.94. The fourth-order valence-corrected chi connectivity index (χ4v) is 2.94. The molecule has 1 aliphatic rings. The predicted octanol–water partition coefficient (Wildman–Crippen LogP) is 1.53. The van der Waals surface area contributed by atoms with Crippen molar-refractivity contribution in [3.05, 3.63) is 12.7 Å². The smallest absolute Gasteiger partial charge is 0.304 e. The van der Waals surface area contributed by atoms with Crippen molar-refractivity contribution >= 4 is 23.9 Å². The van der Waals surface area contributed by atoms with Gasteiger partial charge in [-0.2, -0.15) is 0 Å². The van der Waals surface area contributed by atoms with Gasteiger partial charge in [-0.3, -0.25) is 19.2 Å². The summed E-state index contributed by atoms with van der Waals surface area (Å²) < 4.78 is 55.1. The van der Waals surface area contributed by atoms with E-state index in [-0.39, 0.29) is 0 Å². The number of carbonyl (C=O) groups excluding carboxylic acids is 4. The lowest BCUT2D eigenvalue weighted by Gasteiger charge is -2.46. The van der Waals surface area contributed by atoms with Crippen LogP contribution in [0.2, 0.25) is 0 Å². The predicted molar refractivity (Wildman–Crippen MR) is 91.4 cm³/mol. The largest absolute Gasteiger partial charge is 0.463 e. The Labute approximate surface area is 166 Å². The lowest BCUT2D eigenvalue weighted by atomic mass is 9.84. The average Bonchev–Trinajstić information content (AvgIpc) is 2.53. The first kappa shape index (κ1) is 24.5. The summed E-state index contributed by atoms with van der Waals surface area (Å²) in [6.07, 6.45) is -6.46. The summed E-state index contributed by atoms with van der Waals surface area (Å²) in [6.45, 7) is 6.81. The number of esters is 4. The molecule has 0 aromatic heterocycles. The van der Waals surface area contributed by atoms with Crippen LogP contribution in [0.3, 0.4) is 0 Å². The van der Waals surface area contributed by atoms with Crippen LogP contribution >= 0.6 is 0 Å². The first-order valence-electron chi connectivity index (χ1n) is 8.68. The zero-order valence-electron chi connectivity index (χ0n) is 16.5. The highest BCUT2D eigenvalue weighted by atomic mass is 19.3. The number of halogens is 2. The van der Waals surface area contributed by atoms with Crippen LogP contribution in [-0.4, -0.2) is 61.0 Å². The van der Waals surface area contributed by atoms with Gasteiger partial charge in [0.2, 0.25) is 6.29 Å². The summed E-state index contributed by atoms with van der Waals surface area (Å²) in [5.41, 5.74) is 0. The van der Waals surface area contributed by atoms with Crippen LogP contribution in [0.5, 0.6) is 0 Å². The molecule has 0 unspecified atom stereocenters. The second-order valence-corrected chi connectivity index (χ2v) is 6.38. The van der Waals surface area contributed by atoms with Crippen molar-refractivity contribution < 1.29 is 51.6 Å². The number of allylic oxidation sites excluding steroid dienone is 1. The van der Waals surface area contributed by atoms with Gasteiger partial charge in [0.15, 0.2) is 12.2 Å². The summed E-state index contributed by atoms with van der Waals surface area (Å²) in [7, 11) is 0. The molecule has 1 saturated heterocycles. The number of alkyl halides is 2. The molecule has 1 heterocycles. The van der Waals surface area contributed by atoms with Crippen molar-refractivity contribution in [3.8, 4) is 0 Å². The highest BCUT2D eigenvalue weighted by Crippen LogP contribution is 2.42. The fraction of sp³-hybridized carbons (Fsp3) is 0.667. The molecule has 1 rings (SSSR count). The summed E-state index contributed by atoms with van der Waals surface area (Å²) >= 11 is 0. The monoisotopic (exact) mass is 422 g/mol. The van der Waals surface area contributed by atoms with Gasteiger partial charge in [-0.1, -0.05) is 6.08 Å². The van der Waals surface area contributed by atoms with Gasteiger partial charge in [0.1, 0.15) is 18.6 Å². The number of hydrogen-bond donors (Lipinski definition) is 0. The minimum atomic E-state index is -3.62. The topological polar surface area (TPSA) is 114 Å². The minimum absolute atomic E-state index is 0.525. The van der Waals surface area contributed by atoms with Crippen LogP contribution in [0, 0.1) is 5.92 Å². The van der Waals surface area contributed by atoms with Gasteiger partial charge < -0.3 is 23.7 Å². The third-order valence-electron chi connectivity index (χ3n) is 3.89. The van der Waals surface area contributed by atoms with Crippen molar-refractivity contribution in [1.82, 2.24) is 0 Å². The maximum atomic E-state index is 14.9. The molecule has 29 heavy (non-hydrogen) atoms. The maximum Gasteiger partial charge on any atom is 0.304 e. The van der Waals surface area contributed by atoms with Gasteiger partial charge in [-0.25, -0.2) is 8.78 Å². The van der Waals surface area contributed by atoms with Crippen molar-refractivity contribution in [2.75, 3.05) is 6.61 Å². The van der Waals surface area contributed by atoms with E-state index in [0.29, 0.717) is 0 Å². The molecule has 164 valence electrons. The first-order valence-corrected chi connectivity index (χ1v) is 8.68. The van der Waals surface area contributed by atoms with E-state index < -0.39 is 73.3 Å². The first-order chi connectivity index (χ1) is 13.4. The van der Waals surface area contributed by atoms with Crippen LogP contribution in [0.15, 0.2) is 12.7 Å². The summed E-state index contributed by atoms with van der Waals surface area (Å²) in [5, 5.41) is 0. The van der Waals surface area contributed by atoms with Crippen molar-refractivity contribution in [2.24, 2.45) is 5.92 Å². The number of carbonyl (C=O) groups is 4. The van der Waals surface area contributed by atoms with Gasteiger partial charge in [0, 0.05) is 34.1 Å². The van der Waals surface area contributed by atoms with Crippen LogP contribution in [0.1, 0.15) is 34.1 Å². The molecule has 1 aliphatic heterocycles. The highest BCUT2D eigenvalue weighted by molar-refractivity contribution is 5.68. The lowest BCUT2D eigenvalue weighted by Crippen LogP contribution is -2.63. The second kappa shape index (κ2) is 10.3. The normalized spacial score (nSPS) is 26.8. The Kier molecular flexibility index (Phi) is 8.68. The zero-order chi connectivity index (χ0) is 22.4. The Morgan fingerprint density at radius 2 is 1.45 bits per heavy atom. The van der Waals surface area contributed by atoms with Gasteiger partial charge in [-0.15, -0.1) is 6.58 Å². The lowest BCUT2D eigenvalue weighted by molar-refractivity contribution is -0.315. The number of rotatable bonds is 8. The van der Waals surface area contributed by atoms with E-state index in [0.717, 1.165) is 33.8 Å². The van der Waals surface area contributed by atoms with E-state index >= 15 is 0 Å². The quantitative estimate of drug-likeness (QED) is 0.326. The van der Waals surface area contributed by atoms with Crippen LogP contribution in [0.25, 0.3) is 0 Å². The molecule has 0 bridgehead atoms. The van der Waals surface area contributed by atoms with Crippen LogP contribution in [0.4, 0.5) is 8.78 Å². The third kappa shape index (κ3) is 7.08. The molecule has 0 aromatic rings. The molecule has 1 fully saturated rings. The Hall–Kier alpha value is -2.56. The van der Waals surface area contributed by atoms with Gasteiger partial charge in [0.25, 0.3) is 5.92 Å². The molecule has 11 heteroatoms. The molecular weight excluding hydrogens is 398 g/mol. The zero-order valence-corrected chi connectivity index (χ0v) is 16.5. The molecule has 0 amide bonds. The van der Waals surface area contributed by atoms with Gasteiger partial charge >= 0.3 is 23.9 Å². The summed E-state index contributed by atoms with van der Waals surface area (Å²) in [4.78, 5) is 45.8. The summed E-state index contributed by atoms with van der Waals surface area (Å²) in [5.74, 6) is -9.12. The Balaban J connectivity index is 3.46. The third-order valence-corrected chi connectivity index (χ3v) is 3.89. The second-order valence-electron chi connectivity index (χ2n) is 6.38. The van der Waals surface area contributed by atoms with E-state index in [1.165, 1.54) is 0 Å². The standard InChI is InChI=1S/C18H24F2O9/c1-6-7-18(19,20)14-16(27-11(4)23)15(26-10(3)22)13(8-25-9(2)21)29-17(14)28-12(5)24/h6,13-17H,1,7-8H2,2-5H3/t13-,14+,15-,16-,17+/m1/s1. The molecule has 0 spiro atoms. The Bertz CT molecular complexity index is 649. The van der Waals surface area contributed by atoms with Crippen LogP contribution < -0.4 is 0 Å². The molecule has 0 aliphatic carbocycles. The SMILES string of the molecule is C=CCC(F)(F)[C@@H]1[C@@H](OC(C)=O)O[C@H](COC(C)=O)[C@@H](OC(C)=O)[C@@H]1OC(C)=O.